The molecular formula is C16H26N2O4S. The first-order chi connectivity index (χ1) is 10.6. The molecule has 1 atom stereocenters. The van der Waals surface area contributed by atoms with Crippen LogP contribution in [0.4, 0.5) is 0 Å². The minimum atomic E-state index is -3.45. The number of hydrogen-bond donors (Lipinski definition) is 2. The molecule has 6 nitrogen and oxygen atoms in total. The number of ether oxygens (including phenoxy) is 1. The van der Waals surface area contributed by atoms with Crippen LogP contribution in [0.1, 0.15) is 45.3 Å². The van der Waals surface area contributed by atoms with Gasteiger partial charge in [-0.05, 0) is 39.2 Å². The number of nitrogens with one attached hydrogen (secondary N) is 1. The number of carbonyl (C=O) groups is 1. The monoisotopic (exact) mass is 342 g/mol. The number of sulfonamides is 1. The number of benzene rings is 1. The molecule has 0 unspecified atom stereocenters. The van der Waals surface area contributed by atoms with Crippen molar-refractivity contribution < 1.29 is 17.9 Å². The molecular weight excluding hydrogens is 316 g/mol. The first-order valence-electron chi connectivity index (χ1n) is 7.59. The second kappa shape index (κ2) is 8.42. The summed E-state index contributed by atoms with van der Waals surface area (Å²) in [6, 6.07) is 9.28. The molecule has 0 fully saturated rings. The molecule has 1 amide bonds. The number of primary sulfonamides is 1. The average molecular weight is 342 g/mol. The number of hydrogen-bond acceptors (Lipinski definition) is 4. The minimum absolute atomic E-state index is 0.0799. The van der Waals surface area contributed by atoms with Crippen molar-refractivity contribution in [2.24, 2.45) is 5.14 Å². The molecule has 0 aromatic heterocycles. The summed E-state index contributed by atoms with van der Waals surface area (Å²) in [6.45, 7) is 6.05. The predicted octanol–water partition coefficient (Wildman–Crippen LogP) is 1.73. The molecule has 0 bridgehead atoms. The van der Waals surface area contributed by atoms with Crippen molar-refractivity contribution in [3.05, 3.63) is 35.9 Å². The molecule has 0 aliphatic rings. The highest BCUT2D eigenvalue weighted by atomic mass is 32.2. The first kappa shape index (κ1) is 19.6. The Hall–Kier alpha value is -1.44. The van der Waals surface area contributed by atoms with E-state index in [1.165, 1.54) is 0 Å². The van der Waals surface area contributed by atoms with E-state index in [9.17, 15) is 13.2 Å². The van der Waals surface area contributed by atoms with Crippen molar-refractivity contribution in [1.29, 1.82) is 0 Å². The number of amides is 1. The molecule has 0 spiro atoms. The summed E-state index contributed by atoms with van der Waals surface area (Å²) in [7, 11) is -3.45. The fraction of sp³-hybridized carbons (Fsp3) is 0.562. The number of rotatable bonds is 8. The van der Waals surface area contributed by atoms with Gasteiger partial charge >= 0.3 is 0 Å². The Morgan fingerprint density at radius 1 is 1.22 bits per heavy atom. The van der Waals surface area contributed by atoms with Crippen LogP contribution in [-0.4, -0.2) is 32.2 Å². The second-order valence-corrected chi connectivity index (χ2v) is 8.12. The van der Waals surface area contributed by atoms with Gasteiger partial charge in [0.05, 0.1) is 11.4 Å². The summed E-state index contributed by atoms with van der Waals surface area (Å²) in [5.74, 6) is -0.314. The largest absolute Gasteiger partial charge is 0.358 e. The molecule has 23 heavy (non-hydrogen) atoms. The van der Waals surface area contributed by atoms with Crippen molar-refractivity contribution in [1.82, 2.24) is 5.32 Å². The van der Waals surface area contributed by atoms with E-state index in [2.05, 4.69) is 5.32 Å². The van der Waals surface area contributed by atoms with Gasteiger partial charge in [0.2, 0.25) is 10.0 Å². The van der Waals surface area contributed by atoms with Gasteiger partial charge in [-0.25, -0.2) is 13.6 Å². The Labute approximate surface area is 138 Å². The topological polar surface area (TPSA) is 98.5 Å². The zero-order valence-electron chi connectivity index (χ0n) is 13.9. The Morgan fingerprint density at radius 2 is 1.83 bits per heavy atom. The lowest BCUT2D eigenvalue weighted by Crippen LogP contribution is -2.35. The van der Waals surface area contributed by atoms with Crippen LogP contribution in [0.25, 0.3) is 0 Å². The van der Waals surface area contributed by atoms with Crippen molar-refractivity contribution in [3.63, 3.8) is 0 Å². The second-order valence-electron chi connectivity index (χ2n) is 6.39. The van der Waals surface area contributed by atoms with Crippen LogP contribution in [0.15, 0.2) is 30.3 Å². The van der Waals surface area contributed by atoms with Gasteiger partial charge in [-0.1, -0.05) is 30.3 Å². The van der Waals surface area contributed by atoms with Gasteiger partial charge in [0.25, 0.3) is 5.91 Å². The minimum Gasteiger partial charge on any atom is -0.358 e. The van der Waals surface area contributed by atoms with E-state index in [0.29, 0.717) is 19.4 Å². The van der Waals surface area contributed by atoms with Gasteiger partial charge in [0.1, 0.15) is 0 Å². The summed E-state index contributed by atoms with van der Waals surface area (Å²) in [5, 5.41) is 7.73. The molecule has 0 saturated heterocycles. The van der Waals surface area contributed by atoms with Crippen LogP contribution in [0.5, 0.6) is 0 Å². The van der Waals surface area contributed by atoms with Gasteiger partial charge in [-0.15, -0.1) is 0 Å². The third-order valence-electron chi connectivity index (χ3n) is 2.97. The quantitative estimate of drug-likeness (QED) is 0.703. The van der Waals surface area contributed by atoms with E-state index in [-0.39, 0.29) is 11.7 Å². The van der Waals surface area contributed by atoms with Crippen molar-refractivity contribution in [2.75, 3.05) is 12.3 Å². The van der Waals surface area contributed by atoms with E-state index in [4.69, 9.17) is 9.88 Å². The van der Waals surface area contributed by atoms with Crippen LogP contribution in [-0.2, 0) is 19.6 Å². The smallest absolute Gasteiger partial charge is 0.253 e. The molecule has 1 rings (SSSR count). The summed E-state index contributed by atoms with van der Waals surface area (Å²) in [4.78, 5) is 12.4. The van der Waals surface area contributed by atoms with Gasteiger partial charge in [-0.2, -0.15) is 0 Å². The van der Waals surface area contributed by atoms with Crippen LogP contribution in [0, 0.1) is 0 Å². The van der Waals surface area contributed by atoms with Crippen LogP contribution >= 0.6 is 0 Å². The molecule has 0 aliphatic carbocycles. The third kappa shape index (κ3) is 8.68. The maximum Gasteiger partial charge on any atom is 0.253 e. The van der Waals surface area contributed by atoms with Gasteiger partial charge in [0.15, 0.2) is 6.10 Å². The zero-order valence-corrected chi connectivity index (χ0v) is 14.7. The SMILES string of the molecule is CC(C)(C)O[C@@H](C(=O)NCCCCS(N)(=O)=O)c1ccccc1. The van der Waals surface area contributed by atoms with E-state index >= 15 is 0 Å². The fourth-order valence-electron chi connectivity index (χ4n) is 1.99. The lowest BCUT2D eigenvalue weighted by Gasteiger charge is -2.27. The lowest BCUT2D eigenvalue weighted by molar-refractivity contribution is -0.143. The van der Waals surface area contributed by atoms with Crippen molar-refractivity contribution >= 4 is 15.9 Å². The summed E-state index contributed by atoms with van der Waals surface area (Å²) in [6.07, 6.45) is 0.253. The van der Waals surface area contributed by atoms with Crippen LogP contribution in [0.3, 0.4) is 0 Å². The molecule has 0 heterocycles. The van der Waals surface area contributed by atoms with Crippen LogP contribution in [0.2, 0.25) is 0 Å². The summed E-state index contributed by atoms with van der Waals surface area (Å²) in [5.41, 5.74) is 0.315. The summed E-state index contributed by atoms with van der Waals surface area (Å²) >= 11 is 0. The Morgan fingerprint density at radius 3 is 2.35 bits per heavy atom. The third-order valence-corrected chi connectivity index (χ3v) is 3.82. The molecule has 0 aliphatic heterocycles. The Balaban J connectivity index is 2.59. The molecule has 130 valence electrons. The van der Waals surface area contributed by atoms with Crippen molar-refractivity contribution in [2.45, 2.75) is 45.3 Å². The first-order valence-corrected chi connectivity index (χ1v) is 9.31. The maximum absolute atomic E-state index is 12.4. The van der Waals surface area contributed by atoms with Gasteiger partial charge in [0, 0.05) is 6.54 Å². The lowest BCUT2D eigenvalue weighted by atomic mass is 10.1. The zero-order chi connectivity index (χ0) is 17.5. The standard InChI is InChI=1S/C16H26N2O4S/c1-16(2,3)22-14(13-9-5-4-6-10-13)15(19)18-11-7-8-12-23(17,20)21/h4-6,9-10,14H,7-8,11-12H2,1-3H3,(H,18,19)(H2,17,20,21)/t14-/m1/s1. The molecule has 1 aromatic rings. The number of unbranched alkanes of at least 4 members (excludes halogenated alkanes) is 1. The molecule has 3 N–H and O–H groups in total. The Kier molecular flexibility index (Phi) is 7.18. The summed E-state index contributed by atoms with van der Waals surface area (Å²) < 4.78 is 27.6. The number of nitrogens with two attached hydrogens (primary N) is 1. The predicted molar refractivity (Wildman–Crippen MR) is 90.2 cm³/mol. The van der Waals surface area contributed by atoms with Crippen LogP contribution < -0.4 is 10.5 Å². The van der Waals surface area contributed by atoms with Gasteiger partial charge in [-0.3, -0.25) is 4.79 Å². The van der Waals surface area contributed by atoms with Crippen molar-refractivity contribution in [3.8, 4) is 0 Å². The maximum atomic E-state index is 12.4. The fourth-order valence-corrected chi connectivity index (χ4v) is 2.59. The molecule has 0 saturated carbocycles. The van der Waals surface area contributed by atoms with E-state index in [0.717, 1.165) is 5.56 Å². The molecule has 0 radical (unpaired) electrons. The average Bonchev–Trinajstić information content (AvgIpc) is 2.43. The highest BCUT2D eigenvalue weighted by Gasteiger charge is 2.26. The molecule has 1 aromatic carbocycles. The Bertz CT molecular complexity index is 594. The van der Waals surface area contributed by atoms with E-state index < -0.39 is 21.7 Å². The van der Waals surface area contributed by atoms with Gasteiger partial charge < -0.3 is 10.1 Å². The highest BCUT2D eigenvalue weighted by Crippen LogP contribution is 2.24. The highest BCUT2D eigenvalue weighted by molar-refractivity contribution is 7.89. The normalized spacial score (nSPS) is 13.6. The molecule has 7 heteroatoms. The number of carbonyl (C=O) groups excluding carboxylic acids is 1. The van der Waals surface area contributed by atoms with E-state index in [1.807, 2.05) is 51.1 Å². The van der Waals surface area contributed by atoms with E-state index in [1.54, 1.807) is 0 Å².